The molecule has 0 saturated carbocycles. The number of thiophene rings is 1. The van der Waals surface area contributed by atoms with Crippen molar-refractivity contribution in [2.75, 3.05) is 34.4 Å². The molecule has 2 rings (SSSR count). The molecule has 1 N–H and O–H groups in total. The summed E-state index contributed by atoms with van der Waals surface area (Å²) >= 11 is 3.00. The van der Waals surface area contributed by atoms with E-state index in [2.05, 4.69) is 40.8 Å². The number of hydrogen-bond acceptors (Lipinski definition) is 5. The third kappa shape index (κ3) is 5.71. The van der Waals surface area contributed by atoms with Crippen molar-refractivity contribution in [3.8, 4) is 0 Å². The van der Waals surface area contributed by atoms with E-state index in [0.717, 1.165) is 17.4 Å². The topological polar surface area (TPSA) is 65.0 Å². The Morgan fingerprint density at radius 3 is 2.37 bits per heavy atom. The molecule has 0 radical (unpaired) electrons. The Morgan fingerprint density at radius 1 is 1.15 bits per heavy atom. The van der Waals surface area contributed by atoms with Gasteiger partial charge in [0.2, 0.25) is 0 Å². The number of thioether (sulfide) groups is 1. The molecule has 0 aliphatic rings. The molecule has 1 aromatic heterocycles. The second-order valence-electron chi connectivity index (χ2n) is 6.11. The zero-order valence-electron chi connectivity index (χ0n) is 16.3. The van der Waals surface area contributed by atoms with Crippen molar-refractivity contribution in [2.45, 2.75) is 22.2 Å². The van der Waals surface area contributed by atoms with Gasteiger partial charge >= 0.3 is 0 Å². The van der Waals surface area contributed by atoms with Crippen molar-refractivity contribution in [3.63, 3.8) is 0 Å². The zero-order valence-corrected chi connectivity index (χ0v) is 18.7. The molecule has 2 aromatic rings. The first kappa shape index (κ1) is 21.7. The monoisotopic (exact) mass is 426 g/mol. The van der Waals surface area contributed by atoms with Gasteiger partial charge in [-0.05, 0) is 36.1 Å². The highest BCUT2D eigenvalue weighted by Crippen LogP contribution is 2.23. The van der Waals surface area contributed by atoms with E-state index in [9.17, 15) is 8.42 Å². The van der Waals surface area contributed by atoms with Crippen molar-refractivity contribution in [1.82, 2.24) is 14.5 Å². The molecule has 148 valence electrons. The molecule has 0 aliphatic heterocycles. The lowest BCUT2D eigenvalue weighted by Crippen LogP contribution is -2.37. The number of benzene rings is 1. The van der Waals surface area contributed by atoms with Gasteiger partial charge in [0, 0.05) is 44.5 Å². The zero-order chi connectivity index (χ0) is 20.0. The summed E-state index contributed by atoms with van der Waals surface area (Å²) in [5, 5.41) is 3.30. The molecule has 0 amide bonds. The quantitative estimate of drug-likeness (QED) is 0.419. The van der Waals surface area contributed by atoms with Gasteiger partial charge in [-0.25, -0.2) is 12.7 Å². The van der Waals surface area contributed by atoms with Crippen LogP contribution in [0.2, 0.25) is 0 Å². The molecule has 6 nitrogen and oxygen atoms in total. The third-order valence-corrected chi connectivity index (χ3v) is 8.06. The summed E-state index contributed by atoms with van der Waals surface area (Å²) in [6, 6.07) is 11.9. The summed E-state index contributed by atoms with van der Waals surface area (Å²) < 4.78 is 25.9. The average Bonchev–Trinajstić information content (AvgIpc) is 3.12. The number of nitrogens with one attached hydrogen (secondary N) is 1. The fourth-order valence-electron chi connectivity index (χ4n) is 2.40. The van der Waals surface area contributed by atoms with Crippen LogP contribution in [0.4, 0.5) is 0 Å². The van der Waals surface area contributed by atoms with Gasteiger partial charge in [-0.2, -0.15) is 0 Å². The van der Waals surface area contributed by atoms with Crippen LogP contribution in [0.5, 0.6) is 0 Å². The van der Waals surface area contributed by atoms with Gasteiger partial charge in [-0.1, -0.05) is 12.1 Å². The van der Waals surface area contributed by atoms with Gasteiger partial charge in [0.05, 0.1) is 6.54 Å². The van der Waals surface area contributed by atoms with Crippen LogP contribution in [0.1, 0.15) is 10.4 Å². The molecule has 0 saturated heterocycles. The lowest BCUT2D eigenvalue weighted by atomic mass is 10.2. The predicted molar refractivity (Wildman–Crippen MR) is 115 cm³/mol. The van der Waals surface area contributed by atoms with E-state index in [1.165, 1.54) is 40.2 Å². The standard InChI is InChI=1S/C18H26N4O2S3/c1-19-18(22(4)13-14-6-8-15(25-5)9-7-14)20-12-16-10-11-17(26-16)27(23,24)21(2)3/h6-11H,12-13H2,1-5H3,(H,19,20). The largest absolute Gasteiger partial charge is 0.351 e. The molecule has 9 heteroatoms. The molecular weight excluding hydrogens is 400 g/mol. The lowest BCUT2D eigenvalue weighted by Gasteiger charge is -2.22. The molecule has 0 unspecified atom stereocenters. The summed E-state index contributed by atoms with van der Waals surface area (Å²) in [5.74, 6) is 0.759. The Kier molecular flexibility index (Phi) is 7.72. The maximum atomic E-state index is 12.2. The van der Waals surface area contributed by atoms with Crippen molar-refractivity contribution in [3.05, 3.63) is 46.8 Å². The minimum atomic E-state index is -3.38. The first-order valence-corrected chi connectivity index (χ1v) is 11.8. The summed E-state index contributed by atoms with van der Waals surface area (Å²) in [5.41, 5.74) is 1.20. The maximum absolute atomic E-state index is 12.2. The number of rotatable bonds is 7. The second kappa shape index (κ2) is 9.59. The van der Waals surface area contributed by atoms with Crippen LogP contribution in [0.25, 0.3) is 0 Å². The van der Waals surface area contributed by atoms with E-state index < -0.39 is 10.0 Å². The lowest BCUT2D eigenvalue weighted by molar-refractivity contribution is 0.477. The minimum absolute atomic E-state index is 0.349. The fraction of sp³-hybridized carbons (Fsp3) is 0.389. The van der Waals surface area contributed by atoms with Gasteiger partial charge in [0.25, 0.3) is 10.0 Å². The second-order valence-corrected chi connectivity index (χ2v) is 10.5. The van der Waals surface area contributed by atoms with Crippen LogP contribution in [0.15, 0.2) is 50.5 Å². The highest BCUT2D eigenvalue weighted by atomic mass is 32.2. The van der Waals surface area contributed by atoms with Gasteiger partial charge < -0.3 is 10.2 Å². The Bertz CT molecular complexity index is 874. The predicted octanol–water partition coefficient (Wildman–Crippen LogP) is 2.93. The first-order chi connectivity index (χ1) is 12.8. The Hall–Kier alpha value is -1.55. The summed E-state index contributed by atoms with van der Waals surface area (Å²) in [6.07, 6.45) is 2.06. The van der Waals surface area contributed by atoms with E-state index in [4.69, 9.17) is 0 Å². The maximum Gasteiger partial charge on any atom is 0.252 e. The van der Waals surface area contributed by atoms with Gasteiger partial charge in [0.1, 0.15) is 4.21 Å². The van der Waals surface area contributed by atoms with E-state index in [0.29, 0.717) is 10.8 Å². The fourth-order valence-corrected chi connectivity index (χ4v) is 5.28. The van der Waals surface area contributed by atoms with Crippen LogP contribution >= 0.6 is 23.1 Å². The molecule has 0 atom stereocenters. The van der Waals surface area contributed by atoms with Crippen molar-refractivity contribution < 1.29 is 8.42 Å². The Labute approximate surface area is 170 Å². The number of hydrogen-bond donors (Lipinski definition) is 1. The molecule has 27 heavy (non-hydrogen) atoms. The summed E-state index contributed by atoms with van der Waals surface area (Å²) in [6.45, 7) is 1.26. The van der Waals surface area contributed by atoms with Crippen LogP contribution in [0, 0.1) is 0 Å². The summed E-state index contributed by atoms with van der Waals surface area (Å²) in [4.78, 5) is 8.54. The number of sulfonamides is 1. The smallest absolute Gasteiger partial charge is 0.252 e. The van der Waals surface area contributed by atoms with Crippen molar-refractivity contribution >= 4 is 39.1 Å². The molecular formula is C18H26N4O2S3. The van der Waals surface area contributed by atoms with Gasteiger partial charge in [-0.15, -0.1) is 23.1 Å². The Balaban J connectivity index is 1.98. The molecule has 1 aromatic carbocycles. The molecule has 0 aliphatic carbocycles. The highest BCUT2D eigenvalue weighted by molar-refractivity contribution is 7.98. The van der Waals surface area contributed by atoms with E-state index in [1.807, 2.05) is 18.0 Å². The van der Waals surface area contributed by atoms with Crippen LogP contribution in [0.3, 0.4) is 0 Å². The minimum Gasteiger partial charge on any atom is -0.351 e. The first-order valence-electron chi connectivity index (χ1n) is 8.34. The van der Waals surface area contributed by atoms with Gasteiger partial charge in [-0.3, -0.25) is 4.99 Å². The molecule has 0 bridgehead atoms. The van der Waals surface area contributed by atoms with E-state index in [-0.39, 0.29) is 0 Å². The third-order valence-electron chi connectivity index (χ3n) is 3.94. The SMILES string of the molecule is CN=C(NCc1ccc(S(=O)(=O)N(C)C)s1)N(C)Cc1ccc(SC)cc1. The van der Waals surface area contributed by atoms with E-state index >= 15 is 0 Å². The van der Waals surface area contributed by atoms with Crippen molar-refractivity contribution in [2.24, 2.45) is 4.99 Å². The molecule has 0 fully saturated rings. The van der Waals surface area contributed by atoms with Crippen molar-refractivity contribution in [1.29, 1.82) is 0 Å². The summed E-state index contributed by atoms with van der Waals surface area (Å²) in [7, 11) is 3.42. The van der Waals surface area contributed by atoms with E-state index in [1.54, 1.807) is 24.9 Å². The van der Waals surface area contributed by atoms with Crippen LogP contribution in [-0.2, 0) is 23.1 Å². The normalized spacial score (nSPS) is 12.4. The average molecular weight is 427 g/mol. The van der Waals surface area contributed by atoms with Gasteiger partial charge in [0.15, 0.2) is 5.96 Å². The number of aliphatic imine (C=N–C) groups is 1. The molecule has 0 spiro atoms. The Morgan fingerprint density at radius 2 is 1.81 bits per heavy atom. The number of nitrogens with zero attached hydrogens (tertiary/aromatic N) is 3. The van der Waals surface area contributed by atoms with Crippen LogP contribution < -0.4 is 5.32 Å². The molecule has 1 heterocycles. The van der Waals surface area contributed by atoms with Crippen LogP contribution in [-0.4, -0.2) is 58.0 Å². The highest BCUT2D eigenvalue weighted by Gasteiger charge is 2.19. The number of guanidine groups is 1.